The van der Waals surface area contributed by atoms with Crippen LogP contribution < -0.4 is 27.4 Å². The van der Waals surface area contributed by atoms with E-state index in [4.69, 9.17) is 26.8 Å². The van der Waals surface area contributed by atoms with Crippen LogP contribution in [-0.2, 0) is 28.8 Å². The van der Waals surface area contributed by atoms with Gasteiger partial charge in [0.05, 0.1) is 12.6 Å². The Morgan fingerprint density at radius 1 is 0.806 bits per heavy atom. The van der Waals surface area contributed by atoms with Gasteiger partial charge in [-0.3, -0.25) is 24.0 Å². The van der Waals surface area contributed by atoms with Crippen molar-refractivity contribution >= 4 is 48.2 Å². The number of aliphatic hydroxyl groups is 1. The van der Waals surface area contributed by atoms with Crippen LogP contribution in [0.4, 0.5) is 0 Å². The van der Waals surface area contributed by atoms with E-state index in [1.807, 2.05) is 5.32 Å². The Labute approximate surface area is 182 Å². The van der Waals surface area contributed by atoms with Gasteiger partial charge in [0.15, 0.2) is 0 Å². The van der Waals surface area contributed by atoms with Gasteiger partial charge in [-0.05, 0) is 12.8 Å². The number of hydrogen-bond donors (Lipinski definition) is 9. The number of nitrogens with one attached hydrogen (secondary N) is 3. The number of carboxylic acid groups (broad SMARTS) is 2. The molecule has 0 aliphatic rings. The van der Waals surface area contributed by atoms with Crippen molar-refractivity contribution in [3.05, 3.63) is 0 Å². The van der Waals surface area contributed by atoms with Crippen LogP contribution in [0.25, 0.3) is 0 Å². The van der Waals surface area contributed by atoms with Crippen molar-refractivity contribution in [1.82, 2.24) is 16.0 Å². The van der Waals surface area contributed by atoms with E-state index in [-0.39, 0.29) is 31.4 Å². The number of thiol groups is 1. The number of amides is 4. The molecule has 0 aromatic carbocycles. The Bertz CT molecular complexity index is 690. The Balaban J connectivity index is 5.21. The molecule has 0 spiro atoms. The molecule has 0 rings (SSSR count). The van der Waals surface area contributed by atoms with Gasteiger partial charge < -0.3 is 42.7 Å². The van der Waals surface area contributed by atoms with Crippen LogP contribution in [0, 0.1) is 0 Å². The molecule has 4 atom stereocenters. The molecule has 176 valence electrons. The average molecular weight is 465 g/mol. The van der Waals surface area contributed by atoms with Crippen LogP contribution in [0.1, 0.15) is 25.7 Å². The minimum absolute atomic E-state index is 0.204. The topological polar surface area (TPSA) is 251 Å². The zero-order valence-corrected chi connectivity index (χ0v) is 17.3. The van der Waals surface area contributed by atoms with Crippen LogP contribution in [0.5, 0.6) is 0 Å². The minimum atomic E-state index is -1.61. The maximum absolute atomic E-state index is 12.6. The van der Waals surface area contributed by atoms with E-state index in [1.54, 1.807) is 0 Å². The van der Waals surface area contributed by atoms with Crippen molar-refractivity contribution in [3.8, 4) is 0 Å². The number of carbonyl (C=O) groups is 6. The second-order valence-corrected chi connectivity index (χ2v) is 6.80. The van der Waals surface area contributed by atoms with Crippen molar-refractivity contribution in [1.29, 1.82) is 0 Å². The van der Waals surface area contributed by atoms with E-state index in [0.717, 1.165) is 0 Å². The highest BCUT2D eigenvalue weighted by molar-refractivity contribution is 7.80. The third kappa shape index (κ3) is 11.2. The summed E-state index contributed by atoms with van der Waals surface area (Å²) in [6, 6.07) is -5.54. The summed E-state index contributed by atoms with van der Waals surface area (Å²) < 4.78 is 0. The lowest BCUT2D eigenvalue weighted by atomic mass is 10.1. The monoisotopic (exact) mass is 465 g/mol. The number of primary amides is 1. The zero-order valence-electron chi connectivity index (χ0n) is 16.4. The zero-order chi connectivity index (χ0) is 24.1. The second-order valence-electron chi connectivity index (χ2n) is 6.43. The SMILES string of the molecule is NC(=O)CCC(NC(=O)C(N)CCC(=O)O)C(=O)NC(CS)C(=O)NC(CO)C(=O)O. The lowest BCUT2D eigenvalue weighted by Gasteiger charge is -2.24. The maximum Gasteiger partial charge on any atom is 0.328 e. The van der Waals surface area contributed by atoms with Gasteiger partial charge in [-0.2, -0.15) is 12.6 Å². The molecule has 14 nitrogen and oxygen atoms in total. The molecule has 0 aromatic rings. The lowest BCUT2D eigenvalue weighted by Crippen LogP contribution is -2.58. The van der Waals surface area contributed by atoms with Crippen molar-refractivity contribution in [2.75, 3.05) is 12.4 Å². The molecule has 0 radical (unpaired) electrons. The molecule has 4 unspecified atom stereocenters. The summed E-state index contributed by atoms with van der Waals surface area (Å²) in [4.78, 5) is 69.4. The molecule has 0 aliphatic heterocycles. The van der Waals surface area contributed by atoms with Crippen LogP contribution in [-0.4, -0.2) is 87.4 Å². The van der Waals surface area contributed by atoms with Gasteiger partial charge in [-0.25, -0.2) is 4.79 Å². The number of carbonyl (C=O) groups excluding carboxylic acids is 4. The molecular formula is C16H27N5O9S. The highest BCUT2D eigenvalue weighted by atomic mass is 32.1. The van der Waals surface area contributed by atoms with Gasteiger partial charge in [0.1, 0.15) is 18.1 Å². The first-order valence-corrected chi connectivity index (χ1v) is 9.67. The van der Waals surface area contributed by atoms with E-state index in [2.05, 4.69) is 23.3 Å². The van der Waals surface area contributed by atoms with Crippen molar-refractivity contribution in [3.63, 3.8) is 0 Å². The summed E-state index contributed by atoms with van der Waals surface area (Å²) in [6.07, 6.45) is -1.13. The van der Waals surface area contributed by atoms with Crippen LogP contribution in [0.2, 0.25) is 0 Å². The molecule has 0 fully saturated rings. The number of aliphatic hydroxyl groups excluding tert-OH is 1. The number of hydrogen-bond acceptors (Lipinski definition) is 9. The number of aliphatic carboxylic acids is 2. The molecular weight excluding hydrogens is 438 g/mol. The first kappa shape index (κ1) is 28.1. The van der Waals surface area contributed by atoms with Crippen LogP contribution in [0.15, 0.2) is 0 Å². The van der Waals surface area contributed by atoms with Crippen molar-refractivity contribution < 1.29 is 44.1 Å². The van der Waals surface area contributed by atoms with E-state index in [0.29, 0.717) is 0 Å². The Morgan fingerprint density at radius 3 is 1.77 bits per heavy atom. The van der Waals surface area contributed by atoms with Gasteiger partial charge in [-0.1, -0.05) is 0 Å². The molecule has 0 aliphatic carbocycles. The number of carboxylic acids is 2. The maximum atomic E-state index is 12.6. The van der Waals surface area contributed by atoms with Crippen LogP contribution >= 0.6 is 12.6 Å². The lowest BCUT2D eigenvalue weighted by molar-refractivity contribution is -0.143. The Kier molecular flexibility index (Phi) is 12.8. The van der Waals surface area contributed by atoms with E-state index in [9.17, 15) is 28.8 Å². The minimum Gasteiger partial charge on any atom is -0.481 e. The smallest absolute Gasteiger partial charge is 0.328 e. The molecule has 31 heavy (non-hydrogen) atoms. The predicted octanol–water partition coefficient (Wildman–Crippen LogP) is -4.09. The summed E-state index contributed by atoms with van der Waals surface area (Å²) in [5, 5.41) is 33.0. The highest BCUT2D eigenvalue weighted by Crippen LogP contribution is 2.03. The van der Waals surface area contributed by atoms with Crippen molar-refractivity contribution in [2.45, 2.75) is 49.9 Å². The van der Waals surface area contributed by atoms with Crippen LogP contribution in [0.3, 0.4) is 0 Å². The average Bonchev–Trinajstić information content (AvgIpc) is 2.70. The fourth-order valence-corrected chi connectivity index (χ4v) is 2.43. The summed E-state index contributed by atoms with van der Waals surface area (Å²) in [5.41, 5.74) is 10.6. The predicted molar refractivity (Wildman–Crippen MR) is 108 cm³/mol. The summed E-state index contributed by atoms with van der Waals surface area (Å²) in [7, 11) is 0. The van der Waals surface area contributed by atoms with Gasteiger partial charge in [0.25, 0.3) is 0 Å². The van der Waals surface area contributed by atoms with Gasteiger partial charge in [0, 0.05) is 18.6 Å². The summed E-state index contributed by atoms with van der Waals surface area (Å²) in [6.45, 7) is -0.889. The van der Waals surface area contributed by atoms with E-state index in [1.165, 1.54) is 0 Å². The van der Waals surface area contributed by atoms with E-state index >= 15 is 0 Å². The summed E-state index contributed by atoms with van der Waals surface area (Å²) in [5.74, 6) is -6.42. The largest absolute Gasteiger partial charge is 0.481 e. The molecule has 15 heteroatoms. The highest BCUT2D eigenvalue weighted by Gasteiger charge is 2.29. The van der Waals surface area contributed by atoms with Gasteiger partial charge >= 0.3 is 11.9 Å². The molecule has 0 bridgehead atoms. The summed E-state index contributed by atoms with van der Waals surface area (Å²) >= 11 is 3.91. The molecule has 0 saturated carbocycles. The number of nitrogens with two attached hydrogens (primary N) is 2. The fraction of sp³-hybridized carbons (Fsp3) is 0.625. The first-order valence-electron chi connectivity index (χ1n) is 9.04. The van der Waals surface area contributed by atoms with Gasteiger partial charge in [0.2, 0.25) is 23.6 Å². The second kappa shape index (κ2) is 14.2. The van der Waals surface area contributed by atoms with Crippen molar-refractivity contribution in [2.24, 2.45) is 11.5 Å². The quantitative estimate of drug-likeness (QED) is 0.106. The standard InChI is InChI=1S/C16H27N5O9S/c17-7(1-4-12(24)25)13(26)19-8(2-3-11(18)23)14(27)21-10(6-31)15(28)20-9(5-22)16(29)30/h7-10,22,31H,1-6,17H2,(H2,18,23)(H,19,26)(H,20,28)(H,21,27)(H,24,25)(H,29,30). The number of rotatable bonds is 15. The third-order valence-electron chi connectivity index (χ3n) is 3.93. The molecule has 0 aromatic heterocycles. The fourth-order valence-electron chi connectivity index (χ4n) is 2.17. The Hall–Kier alpha value is -2.91. The first-order chi connectivity index (χ1) is 14.4. The molecule has 0 heterocycles. The van der Waals surface area contributed by atoms with E-state index < -0.39 is 66.3 Å². The molecule has 4 amide bonds. The molecule has 10 N–H and O–H groups in total. The Morgan fingerprint density at radius 2 is 1.32 bits per heavy atom. The van der Waals surface area contributed by atoms with Gasteiger partial charge in [-0.15, -0.1) is 0 Å². The molecule has 0 saturated heterocycles. The third-order valence-corrected chi connectivity index (χ3v) is 4.30. The normalized spacial score (nSPS) is 14.4.